The predicted molar refractivity (Wildman–Crippen MR) is 53.4 cm³/mol. The molecule has 5 heteroatoms. The van der Waals surface area contributed by atoms with Gasteiger partial charge in [0.15, 0.2) is 0 Å². The van der Waals surface area contributed by atoms with Gasteiger partial charge in [-0.3, -0.25) is 0 Å². The summed E-state index contributed by atoms with van der Waals surface area (Å²) in [6, 6.07) is 0. The van der Waals surface area contributed by atoms with Gasteiger partial charge in [0.1, 0.15) is 0 Å². The molecule has 1 aliphatic rings. The molecule has 0 spiro atoms. The van der Waals surface area contributed by atoms with Crippen LogP contribution in [0.4, 0.5) is 5.95 Å². The Kier molecular flexibility index (Phi) is 2.41. The summed E-state index contributed by atoms with van der Waals surface area (Å²) < 4.78 is 5.24. The molecule has 0 bridgehead atoms. The highest BCUT2D eigenvalue weighted by molar-refractivity contribution is 5.24. The lowest BCUT2D eigenvalue weighted by Crippen LogP contribution is -2.11. The van der Waals surface area contributed by atoms with Crippen LogP contribution in [0.15, 0.2) is 4.52 Å². The van der Waals surface area contributed by atoms with Crippen LogP contribution in [-0.4, -0.2) is 37.3 Å². The van der Waals surface area contributed by atoms with E-state index in [0.29, 0.717) is 17.8 Å². The van der Waals surface area contributed by atoms with Gasteiger partial charge in [-0.05, 0) is 17.6 Å². The number of aromatic nitrogens is 2. The van der Waals surface area contributed by atoms with Crippen molar-refractivity contribution in [2.75, 3.05) is 32.1 Å². The zero-order chi connectivity index (χ0) is 10.1. The first-order valence-electron chi connectivity index (χ1n) is 4.90. The molecule has 5 nitrogen and oxygen atoms in total. The Morgan fingerprint density at radius 3 is 2.71 bits per heavy atom. The van der Waals surface area contributed by atoms with Crippen LogP contribution >= 0.6 is 0 Å². The molecule has 14 heavy (non-hydrogen) atoms. The fraction of sp³-hybridized carbons (Fsp3) is 0.778. The molecule has 2 heterocycles. The van der Waals surface area contributed by atoms with Crippen LogP contribution in [0.3, 0.4) is 0 Å². The van der Waals surface area contributed by atoms with Crippen molar-refractivity contribution in [1.82, 2.24) is 15.5 Å². The second-order valence-electron chi connectivity index (χ2n) is 4.07. The van der Waals surface area contributed by atoms with Crippen molar-refractivity contribution < 1.29 is 4.52 Å². The van der Waals surface area contributed by atoms with Crippen LogP contribution in [-0.2, 0) is 0 Å². The van der Waals surface area contributed by atoms with Crippen molar-refractivity contribution in [2.45, 2.75) is 12.8 Å². The topological polar surface area (TPSA) is 54.2 Å². The Morgan fingerprint density at radius 2 is 2.21 bits per heavy atom. The van der Waals surface area contributed by atoms with Crippen molar-refractivity contribution in [2.24, 2.45) is 5.92 Å². The van der Waals surface area contributed by atoms with E-state index in [1.165, 1.54) is 0 Å². The second kappa shape index (κ2) is 3.57. The van der Waals surface area contributed by atoms with E-state index in [2.05, 4.69) is 22.4 Å². The zero-order valence-electron chi connectivity index (χ0n) is 8.82. The molecular weight excluding hydrogens is 180 g/mol. The van der Waals surface area contributed by atoms with Crippen molar-refractivity contribution in [3.05, 3.63) is 5.89 Å². The van der Waals surface area contributed by atoms with E-state index >= 15 is 0 Å². The summed E-state index contributed by atoms with van der Waals surface area (Å²) in [5, 5.41) is 7.22. The molecule has 0 unspecified atom stereocenters. The maximum atomic E-state index is 5.24. The third kappa shape index (κ3) is 1.59. The number of nitrogens with one attached hydrogen (secondary N) is 1. The number of rotatable bonds is 2. The lowest BCUT2D eigenvalue weighted by atomic mass is 9.98. The minimum absolute atomic E-state index is 0.371. The summed E-state index contributed by atoms with van der Waals surface area (Å²) in [6.07, 6.45) is 0. The molecule has 2 rings (SSSR count). The third-order valence-electron chi connectivity index (χ3n) is 2.67. The van der Waals surface area contributed by atoms with Gasteiger partial charge in [-0.2, -0.15) is 4.98 Å². The van der Waals surface area contributed by atoms with Gasteiger partial charge >= 0.3 is 0 Å². The third-order valence-corrected chi connectivity index (χ3v) is 2.67. The Balaban J connectivity index is 2.16. The Bertz CT molecular complexity index is 310. The van der Waals surface area contributed by atoms with Gasteiger partial charge in [-0.25, -0.2) is 0 Å². The second-order valence-corrected chi connectivity index (χ2v) is 4.07. The van der Waals surface area contributed by atoms with Crippen LogP contribution in [0.2, 0.25) is 0 Å². The minimum atomic E-state index is 0.371. The van der Waals surface area contributed by atoms with Gasteiger partial charge in [0.2, 0.25) is 5.89 Å². The maximum Gasteiger partial charge on any atom is 0.265 e. The first-order valence-corrected chi connectivity index (χ1v) is 4.90. The van der Waals surface area contributed by atoms with Gasteiger partial charge in [-0.1, -0.05) is 6.92 Å². The lowest BCUT2D eigenvalue weighted by Gasteiger charge is -2.07. The fourth-order valence-corrected chi connectivity index (χ4v) is 1.70. The molecule has 1 saturated heterocycles. The van der Waals surface area contributed by atoms with E-state index in [9.17, 15) is 0 Å². The molecule has 1 aliphatic heterocycles. The molecule has 1 fully saturated rings. The van der Waals surface area contributed by atoms with Crippen molar-refractivity contribution in [1.29, 1.82) is 0 Å². The first kappa shape index (κ1) is 9.45. The van der Waals surface area contributed by atoms with Crippen molar-refractivity contribution in [3.8, 4) is 0 Å². The maximum absolute atomic E-state index is 5.24. The average Bonchev–Trinajstić information content (AvgIpc) is 2.71. The van der Waals surface area contributed by atoms with Gasteiger partial charge in [0.25, 0.3) is 5.95 Å². The van der Waals surface area contributed by atoms with Crippen molar-refractivity contribution in [3.63, 3.8) is 0 Å². The summed E-state index contributed by atoms with van der Waals surface area (Å²) in [7, 11) is 3.82. The quantitative estimate of drug-likeness (QED) is 0.744. The highest BCUT2D eigenvalue weighted by Crippen LogP contribution is 2.26. The van der Waals surface area contributed by atoms with Crippen molar-refractivity contribution >= 4 is 5.95 Å². The van der Waals surface area contributed by atoms with Crippen LogP contribution in [0.25, 0.3) is 0 Å². The van der Waals surface area contributed by atoms with Crippen LogP contribution < -0.4 is 10.2 Å². The van der Waals surface area contributed by atoms with E-state index in [1.54, 1.807) is 0 Å². The number of nitrogens with zero attached hydrogens (tertiary/aromatic N) is 3. The summed E-state index contributed by atoms with van der Waals surface area (Å²) in [4.78, 5) is 6.20. The monoisotopic (exact) mass is 196 g/mol. The molecule has 0 radical (unpaired) electrons. The summed E-state index contributed by atoms with van der Waals surface area (Å²) in [5.74, 6) is 2.35. The molecule has 1 N–H and O–H groups in total. The van der Waals surface area contributed by atoms with Gasteiger partial charge in [0.05, 0.1) is 5.92 Å². The Morgan fingerprint density at radius 1 is 1.43 bits per heavy atom. The van der Waals surface area contributed by atoms with E-state index in [-0.39, 0.29) is 0 Å². The SMILES string of the molecule is C[C@@H]1CNC[C@H]1c1nc(N(C)C)no1. The number of hydrogen-bond donors (Lipinski definition) is 1. The van der Waals surface area contributed by atoms with Crippen LogP contribution in [0, 0.1) is 5.92 Å². The molecule has 0 aliphatic carbocycles. The fourth-order valence-electron chi connectivity index (χ4n) is 1.70. The largest absolute Gasteiger partial charge is 0.344 e. The summed E-state index contributed by atoms with van der Waals surface area (Å²) in [5.41, 5.74) is 0. The molecule has 1 aromatic heterocycles. The molecule has 0 amide bonds. The Labute approximate surface area is 83.5 Å². The molecule has 0 saturated carbocycles. The Hall–Kier alpha value is -1.10. The number of hydrogen-bond acceptors (Lipinski definition) is 5. The summed E-state index contributed by atoms with van der Waals surface area (Å²) in [6.45, 7) is 4.17. The van der Waals surface area contributed by atoms with E-state index in [1.807, 2.05) is 19.0 Å². The van der Waals surface area contributed by atoms with Gasteiger partial charge in [-0.15, -0.1) is 0 Å². The van der Waals surface area contributed by atoms with E-state index < -0.39 is 0 Å². The van der Waals surface area contributed by atoms with Crippen LogP contribution in [0.5, 0.6) is 0 Å². The molecule has 78 valence electrons. The predicted octanol–water partition coefficient (Wildman–Crippen LogP) is 0.458. The summed E-state index contributed by atoms with van der Waals surface area (Å²) >= 11 is 0. The minimum Gasteiger partial charge on any atom is -0.344 e. The molecular formula is C9H16N4O. The van der Waals surface area contributed by atoms with E-state index in [0.717, 1.165) is 19.0 Å². The highest BCUT2D eigenvalue weighted by Gasteiger charge is 2.29. The molecule has 2 atom stereocenters. The van der Waals surface area contributed by atoms with Gasteiger partial charge < -0.3 is 14.7 Å². The lowest BCUT2D eigenvalue weighted by molar-refractivity contribution is 0.339. The van der Waals surface area contributed by atoms with E-state index in [4.69, 9.17) is 4.52 Å². The molecule has 1 aromatic rings. The standard InChI is InChI=1S/C9H16N4O/c1-6-4-10-5-7(6)8-11-9(12-14-8)13(2)3/h6-7,10H,4-5H2,1-3H3/t6-,7-/m1/s1. The smallest absolute Gasteiger partial charge is 0.265 e. The number of anilines is 1. The highest BCUT2D eigenvalue weighted by atomic mass is 16.5. The van der Waals surface area contributed by atoms with Crippen LogP contribution in [0.1, 0.15) is 18.7 Å². The zero-order valence-corrected chi connectivity index (χ0v) is 8.82. The van der Waals surface area contributed by atoms with Gasteiger partial charge in [0, 0.05) is 20.6 Å². The molecule has 0 aromatic carbocycles. The normalized spacial score (nSPS) is 26.8. The average molecular weight is 196 g/mol. The first-order chi connectivity index (χ1) is 6.68.